The van der Waals surface area contributed by atoms with Crippen molar-refractivity contribution in [1.82, 2.24) is 10.2 Å². The van der Waals surface area contributed by atoms with E-state index >= 15 is 0 Å². The summed E-state index contributed by atoms with van der Waals surface area (Å²) in [6.07, 6.45) is 0. The van der Waals surface area contributed by atoms with Gasteiger partial charge >= 0.3 is 0 Å². The van der Waals surface area contributed by atoms with Crippen LogP contribution < -0.4 is 10.6 Å². The Hall–Kier alpha value is -3.71. The fourth-order valence-electron chi connectivity index (χ4n) is 3.53. The number of phenolic OH excluding ortho intramolecular Hbond substituents is 1. The number of anilines is 1. The molecule has 0 bridgehead atoms. The van der Waals surface area contributed by atoms with Gasteiger partial charge < -0.3 is 20.6 Å². The van der Waals surface area contributed by atoms with Crippen LogP contribution in [0.15, 0.2) is 66.7 Å². The van der Waals surface area contributed by atoms with Crippen molar-refractivity contribution >= 4 is 17.5 Å². The third-order valence-corrected chi connectivity index (χ3v) is 5.13. The molecule has 2 amide bonds. The van der Waals surface area contributed by atoms with Gasteiger partial charge in [-0.05, 0) is 59.7 Å². The molecule has 3 aromatic rings. The summed E-state index contributed by atoms with van der Waals surface area (Å²) in [4.78, 5) is 27.0. The number of nitrogens with zero attached hydrogens (tertiary/aromatic N) is 1. The lowest BCUT2D eigenvalue weighted by Gasteiger charge is -2.27. The molecule has 1 aliphatic rings. The summed E-state index contributed by atoms with van der Waals surface area (Å²) in [6, 6.07) is 17.2. The zero-order valence-corrected chi connectivity index (χ0v) is 16.8. The molecule has 0 unspecified atom stereocenters. The van der Waals surface area contributed by atoms with Gasteiger partial charge in [-0.1, -0.05) is 18.2 Å². The number of amides is 2. The van der Waals surface area contributed by atoms with Crippen molar-refractivity contribution < 1.29 is 19.1 Å². The van der Waals surface area contributed by atoms with E-state index in [0.29, 0.717) is 29.9 Å². The highest BCUT2D eigenvalue weighted by Crippen LogP contribution is 2.27. The van der Waals surface area contributed by atoms with Crippen LogP contribution in [0.1, 0.15) is 20.7 Å². The normalized spacial score (nSPS) is 13.6. The number of aromatic hydroxyl groups is 1. The third kappa shape index (κ3) is 4.90. The van der Waals surface area contributed by atoms with Gasteiger partial charge in [0.15, 0.2) is 0 Å². The molecule has 158 valence electrons. The first-order valence-electron chi connectivity index (χ1n) is 10.0. The van der Waals surface area contributed by atoms with E-state index in [1.54, 1.807) is 42.5 Å². The molecule has 7 heteroatoms. The molecule has 0 saturated carbocycles. The summed E-state index contributed by atoms with van der Waals surface area (Å²) in [5.41, 5.74) is 2.54. The van der Waals surface area contributed by atoms with E-state index in [9.17, 15) is 19.1 Å². The van der Waals surface area contributed by atoms with E-state index in [-0.39, 0.29) is 17.2 Å². The Labute approximate surface area is 179 Å². The zero-order valence-electron chi connectivity index (χ0n) is 16.8. The Balaban J connectivity index is 1.53. The SMILES string of the molecule is O=C(Nc1cccc(F)c1)c1cc(O)cc(-c2ccc(C(=O)N3CCNCC3)cc2)c1. The second-order valence-corrected chi connectivity index (χ2v) is 7.35. The molecule has 1 heterocycles. The second kappa shape index (κ2) is 8.97. The highest BCUT2D eigenvalue weighted by molar-refractivity contribution is 6.05. The predicted octanol–water partition coefficient (Wildman–Crippen LogP) is 3.50. The lowest BCUT2D eigenvalue weighted by molar-refractivity contribution is 0.0735. The van der Waals surface area contributed by atoms with Gasteiger partial charge in [-0.3, -0.25) is 9.59 Å². The number of piperazine rings is 1. The second-order valence-electron chi connectivity index (χ2n) is 7.35. The van der Waals surface area contributed by atoms with E-state index in [0.717, 1.165) is 18.7 Å². The van der Waals surface area contributed by atoms with E-state index < -0.39 is 11.7 Å². The molecule has 0 aliphatic carbocycles. The Bertz CT molecular complexity index is 1110. The fourth-order valence-corrected chi connectivity index (χ4v) is 3.53. The van der Waals surface area contributed by atoms with Gasteiger partial charge in [-0.25, -0.2) is 4.39 Å². The van der Waals surface area contributed by atoms with Crippen molar-refractivity contribution in [2.24, 2.45) is 0 Å². The monoisotopic (exact) mass is 419 g/mol. The molecule has 1 fully saturated rings. The lowest BCUT2D eigenvalue weighted by Crippen LogP contribution is -2.46. The van der Waals surface area contributed by atoms with Crippen LogP contribution in [0.2, 0.25) is 0 Å². The number of rotatable bonds is 4. The summed E-state index contributed by atoms with van der Waals surface area (Å²) in [7, 11) is 0. The van der Waals surface area contributed by atoms with Crippen LogP contribution in [-0.2, 0) is 0 Å². The maximum atomic E-state index is 13.4. The van der Waals surface area contributed by atoms with E-state index in [1.165, 1.54) is 24.3 Å². The highest BCUT2D eigenvalue weighted by atomic mass is 19.1. The third-order valence-electron chi connectivity index (χ3n) is 5.13. The Kier molecular flexibility index (Phi) is 5.95. The number of phenols is 1. The molecule has 0 aromatic heterocycles. The summed E-state index contributed by atoms with van der Waals surface area (Å²) in [5.74, 6) is -1.000. The van der Waals surface area contributed by atoms with Crippen molar-refractivity contribution in [1.29, 1.82) is 0 Å². The summed E-state index contributed by atoms with van der Waals surface area (Å²) in [5, 5.41) is 16.0. The van der Waals surface area contributed by atoms with Gasteiger partial charge in [-0.2, -0.15) is 0 Å². The maximum Gasteiger partial charge on any atom is 0.255 e. The van der Waals surface area contributed by atoms with Crippen molar-refractivity contribution in [3.8, 4) is 16.9 Å². The average molecular weight is 419 g/mol. The summed E-state index contributed by atoms with van der Waals surface area (Å²) < 4.78 is 13.4. The molecule has 6 nitrogen and oxygen atoms in total. The first-order chi connectivity index (χ1) is 15.0. The van der Waals surface area contributed by atoms with Crippen LogP contribution in [0, 0.1) is 5.82 Å². The minimum Gasteiger partial charge on any atom is -0.508 e. The van der Waals surface area contributed by atoms with Crippen molar-refractivity contribution in [2.45, 2.75) is 0 Å². The Morgan fingerprint density at radius 1 is 0.903 bits per heavy atom. The van der Waals surface area contributed by atoms with Crippen molar-refractivity contribution in [3.05, 3.63) is 83.7 Å². The smallest absolute Gasteiger partial charge is 0.255 e. The summed E-state index contributed by atoms with van der Waals surface area (Å²) >= 11 is 0. The molecule has 4 rings (SSSR count). The van der Waals surface area contributed by atoms with Crippen LogP contribution in [-0.4, -0.2) is 48.0 Å². The number of carbonyl (C=O) groups is 2. The zero-order chi connectivity index (χ0) is 21.8. The van der Waals surface area contributed by atoms with Gasteiger partial charge in [0, 0.05) is 43.0 Å². The molecule has 1 saturated heterocycles. The predicted molar refractivity (Wildman–Crippen MR) is 117 cm³/mol. The summed E-state index contributed by atoms with van der Waals surface area (Å²) in [6.45, 7) is 2.93. The number of halogens is 1. The van der Waals surface area contributed by atoms with Crippen LogP contribution in [0.4, 0.5) is 10.1 Å². The topological polar surface area (TPSA) is 81.7 Å². The van der Waals surface area contributed by atoms with Crippen LogP contribution in [0.5, 0.6) is 5.75 Å². The molecule has 3 aromatic carbocycles. The molecule has 31 heavy (non-hydrogen) atoms. The largest absolute Gasteiger partial charge is 0.508 e. The number of nitrogens with one attached hydrogen (secondary N) is 2. The number of hydrogen-bond acceptors (Lipinski definition) is 4. The number of carbonyl (C=O) groups excluding carboxylic acids is 2. The van der Waals surface area contributed by atoms with E-state index in [2.05, 4.69) is 10.6 Å². The fraction of sp³-hybridized carbons (Fsp3) is 0.167. The van der Waals surface area contributed by atoms with Crippen LogP contribution >= 0.6 is 0 Å². The van der Waals surface area contributed by atoms with E-state index in [1.807, 2.05) is 4.90 Å². The maximum absolute atomic E-state index is 13.4. The van der Waals surface area contributed by atoms with Crippen molar-refractivity contribution in [2.75, 3.05) is 31.5 Å². The molecule has 1 aliphatic heterocycles. The van der Waals surface area contributed by atoms with Crippen LogP contribution in [0.25, 0.3) is 11.1 Å². The minimum absolute atomic E-state index is 0.0147. The quantitative estimate of drug-likeness (QED) is 0.605. The van der Waals surface area contributed by atoms with E-state index in [4.69, 9.17) is 0 Å². The van der Waals surface area contributed by atoms with Crippen molar-refractivity contribution in [3.63, 3.8) is 0 Å². The lowest BCUT2D eigenvalue weighted by atomic mass is 10.0. The minimum atomic E-state index is -0.465. The standard InChI is InChI=1S/C24H22FN3O3/c25-20-2-1-3-21(15-20)27-23(30)19-12-18(13-22(29)14-19)16-4-6-17(7-5-16)24(31)28-10-8-26-9-11-28/h1-7,12-15,26,29H,8-11H2,(H,27,30). The van der Waals surface area contributed by atoms with Gasteiger partial charge in [0.25, 0.3) is 11.8 Å². The Morgan fingerprint density at radius 2 is 1.65 bits per heavy atom. The van der Waals surface area contributed by atoms with Gasteiger partial charge in [0.1, 0.15) is 11.6 Å². The average Bonchev–Trinajstić information content (AvgIpc) is 2.79. The molecule has 0 spiro atoms. The number of hydrogen-bond donors (Lipinski definition) is 3. The Morgan fingerprint density at radius 3 is 2.35 bits per heavy atom. The number of benzene rings is 3. The molecule has 0 atom stereocenters. The molecule has 0 radical (unpaired) electrons. The van der Waals surface area contributed by atoms with Gasteiger partial charge in [0.05, 0.1) is 0 Å². The van der Waals surface area contributed by atoms with Gasteiger partial charge in [-0.15, -0.1) is 0 Å². The molecular formula is C24H22FN3O3. The highest BCUT2D eigenvalue weighted by Gasteiger charge is 2.18. The van der Waals surface area contributed by atoms with Crippen LogP contribution in [0.3, 0.4) is 0 Å². The molecule has 3 N–H and O–H groups in total. The van der Waals surface area contributed by atoms with Gasteiger partial charge in [0.2, 0.25) is 0 Å². The first kappa shape index (κ1) is 20.6. The molecular weight excluding hydrogens is 397 g/mol. The first-order valence-corrected chi connectivity index (χ1v) is 10.0.